The number of nitrogens with zero attached hydrogens (tertiary/aromatic N) is 2. The highest BCUT2D eigenvalue weighted by Crippen LogP contribution is 2.22. The Morgan fingerprint density at radius 2 is 1.83 bits per heavy atom. The first kappa shape index (κ1) is 16.1. The Bertz CT molecular complexity index is 895. The molecule has 2 aromatic heterocycles. The van der Waals surface area contributed by atoms with Crippen LogP contribution < -0.4 is 4.72 Å². The maximum absolute atomic E-state index is 12.3. The standard InChI is InChI=1S/C15H12ClN3O2S2/c16-12-1-3-13(4-2-12)23(20,21)19-9-14-15(18-7-6-17-14)11-5-8-22-10-11/h1-8,10,19H,9H2. The van der Waals surface area contributed by atoms with Crippen LogP contribution >= 0.6 is 22.9 Å². The summed E-state index contributed by atoms with van der Waals surface area (Å²) in [6.45, 7) is 0.0595. The fraction of sp³-hybridized carbons (Fsp3) is 0.0667. The van der Waals surface area contributed by atoms with E-state index in [1.165, 1.54) is 24.3 Å². The summed E-state index contributed by atoms with van der Waals surface area (Å²) < 4.78 is 27.2. The van der Waals surface area contributed by atoms with Gasteiger partial charge in [0.25, 0.3) is 0 Å². The van der Waals surface area contributed by atoms with Crippen LogP contribution in [0, 0.1) is 0 Å². The van der Waals surface area contributed by atoms with Crippen LogP contribution in [0.15, 0.2) is 58.4 Å². The Balaban J connectivity index is 1.82. The summed E-state index contributed by atoms with van der Waals surface area (Å²) in [5.41, 5.74) is 2.17. The zero-order chi connectivity index (χ0) is 16.3. The number of sulfonamides is 1. The molecule has 0 bridgehead atoms. The van der Waals surface area contributed by atoms with Crippen LogP contribution in [0.4, 0.5) is 0 Å². The average molecular weight is 366 g/mol. The number of nitrogens with one attached hydrogen (secondary N) is 1. The van der Waals surface area contributed by atoms with Gasteiger partial charge in [0.15, 0.2) is 0 Å². The van der Waals surface area contributed by atoms with Gasteiger partial charge in [-0.2, -0.15) is 11.3 Å². The molecule has 118 valence electrons. The highest BCUT2D eigenvalue weighted by atomic mass is 35.5. The third kappa shape index (κ3) is 3.76. The Morgan fingerprint density at radius 1 is 1.09 bits per heavy atom. The largest absolute Gasteiger partial charge is 0.256 e. The third-order valence-electron chi connectivity index (χ3n) is 3.12. The minimum Gasteiger partial charge on any atom is -0.256 e. The van der Waals surface area contributed by atoms with E-state index in [-0.39, 0.29) is 11.4 Å². The van der Waals surface area contributed by atoms with Crippen molar-refractivity contribution in [2.45, 2.75) is 11.4 Å². The molecule has 23 heavy (non-hydrogen) atoms. The van der Waals surface area contributed by atoms with E-state index in [1.807, 2.05) is 16.8 Å². The molecule has 8 heteroatoms. The fourth-order valence-electron chi connectivity index (χ4n) is 2.00. The predicted molar refractivity (Wildman–Crippen MR) is 90.8 cm³/mol. The smallest absolute Gasteiger partial charge is 0.240 e. The molecule has 1 aromatic carbocycles. The summed E-state index contributed by atoms with van der Waals surface area (Å²) in [7, 11) is -3.63. The first-order valence-electron chi connectivity index (χ1n) is 6.64. The predicted octanol–water partition coefficient (Wildman–Crippen LogP) is 3.34. The molecule has 0 spiro atoms. The number of aromatic nitrogens is 2. The number of halogens is 1. The van der Waals surface area contributed by atoms with E-state index in [0.717, 1.165) is 5.56 Å². The van der Waals surface area contributed by atoms with E-state index in [4.69, 9.17) is 11.6 Å². The van der Waals surface area contributed by atoms with Crippen molar-refractivity contribution in [1.82, 2.24) is 14.7 Å². The molecule has 0 unspecified atom stereocenters. The van der Waals surface area contributed by atoms with E-state index in [2.05, 4.69) is 14.7 Å². The summed E-state index contributed by atoms with van der Waals surface area (Å²) in [6.07, 6.45) is 3.13. The molecule has 0 saturated carbocycles. The molecular formula is C15H12ClN3O2S2. The fourth-order valence-corrected chi connectivity index (χ4v) is 3.75. The van der Waals surface area contributed by atoms with Gasteiger partial charge in [0.1, 0.15) is 0 Å². The molecule has 0 radical (unpaired) electrons. The zero-order valence-electron chi connectivity index (χ0n) is 11.8. The van der Waals surface area contributed by atoms with Crippen LogP contribution in [-0.2, 0) is 16.6 Å². The van der Waals surface area contributed by atoms with Gasteiger partial charge in [-0.15, -0.1) is 0 Å². The van der Waals surface area contributed by atoms with E-state index in [1.54, 1.807) is 23.7 Å². The molecule has 2 heterocycles. The summed E-state index contributed by atoms with van der Waals surface area (Å²) in [5.74, 6) is 0. The highest BCUT2D eigenvalue weighted by molar-refractivity contribution is 7.89. The van der Waals surface area contributed by atoms with E-state index >= 15 is 0 Å². The lowest BCUT2D eigenvalue weighted by atomic mass is 10.2. The molecule has 3 aromatic rings. The third-order valence-corrected chi connectivity index (χ3v) is 5.47. The maximum atomic E-state index is 12.3. The van der Waals surface area contributed by atoms with Crippen LogP contribution in [0.25, 0.3) is 11.3 Å². The van der Waals surface area contributed by atoms with Crippen molar-refractivity contribution in [3.63, 3.8) is 0 Å². The number of rotatable bonds is 5. The van der Waals surface area contributed by atoms with Crippen LogP contribution in [0.3, 0.4) is 0 Å². The van der Waals surface area contributed by atoms with Crippen LogP contribution in [-0.4, -0.2) is 18.4 Å². The molecule has 0 aliphatic carbocycles. The molecule has 0 fully saturated rings. The second kappa shape index (κ2) is 6.76. The van der Waals surface area contributed by atoms with Crippen molar-refractivity contribution in [3.05, 3.63) is 64.2 Å². The first-order valence-corrected chi connectivity index (χ1v) is 9.44. The van der Waals surface area contributed by atoms with E-state index in [0.29, 0.717) is 16.4 Å². The van der Waals surface area contributed by atoms with Gasteiger partial charge in [-0.1, -0.05) is 11.6 Å². The quantitative estimate of drug-likeness (QED) is 0.752. The summed E-state index contributed by atoms with van der Waals surface area (Å²) in [6, 6.07) is 7.92. The lowest BCUT2D eigenvalue weighted by Gasteiger charge is -2.09. The zero-order valence-corrected chi connectivity index (χ0v) is 14.2. The second-order valence-electron chi connectivity index (χ2n) is 4.64. The lowest BCUT2D eigenvalue weighted by molar-refractivity contribution is 0.580. The summed E-state index contributed by atoms with van der Waals surface area (Å²) >= 11 is 7.33. The molecule has 5 nitrogen and oxygen atoms in total. The summed E-state index contributed by atoms with van der Waals surface area (Å²) in [5, 5.41) is 4.37. The van der Waals surface area contributed by atoms with E-state index < -0.39 is 10.0 Å². The SMILES string of the molecule is O=S(=O)(NCc1nccnc1-c1ccsc1)c1ccc(Cl)cc1. The van der Waals surface area contributed by atoms with Crippen LogP contribution in [0.1, 0.15) is 5.69 Å². The normalized spacial score (nSPS) is 11.5. The van der Waals surface area contributed by atoms with Gasteiger partial charge in [0.2, 0.25) is 10.0 Å². The second-order valence-corrected chi connectivity index (χ2v) is 7.63. The summed E-state index contributed by atoms with van der Waals surface area (Å²) in [4.78, 5) is 8.69. The molecule has 3 rings (SSSR count). The topological polar surface area (TPSA) is 72.0 Å². The molecule has 1 N–H and O–H groups in total. The number of benzene rings is 1. The van der Waals surface area contributed by atoms with Crippen LogP contribution in [0.5, 0.6) is 0 Å². The van der Waals surface area contributed by atoms with Gasteiger partial charge in [-0.3, -0.25) is 9.97 Å². The van der Waals surface area contributed by atoms with Crippen molar-refractivity contribution in [3.8, 4) is 11.3 Å². The van der Waals surface area contributed by atoms with Crippen molar-refractivity contribution >= 4 is 33.0 Å². The van der Waals surface area contributed by atoms with E-state index in [9.17, 15) is 8.42 Å². The van der Waals surface area contributed by atoms with Gasteiger partial charge in [0, 0.05) is 28.4 Å². The van der Waals surface area contributed by atoms with Crippen molar-refractivity contribution in [2.75, 3.05) is 0 Å². The Morgan fingerprint density at radius 3 is 2.52 bits per heavy atom. The number of thiophene rings is 1. The molecular weight excluding hydrogens is 354 g/mol. The lowest BCUT2D eigenvalue weighted by Crippen LogP contribution is -2.24. The van der Waals surface area contributed by atoms with Gasteiger partial charge in [0.05, 0.1) is 22.8 Å². The van der Waals surface area contributed by atoms with Gasteiger partial charge < -0.3 is 0 Å². The van der Waals surface area contributed by atoms with Crippen molar-refractivity contribution in [2.24, 2.45) is 0 Å². The molecule has 0 aliphatic rings. The van der Waals surface area contributed by atoms with Crippen molar-refractivity contribution in [1.29, 1.82) is 0 Å². The minimum atomic E-state index is -3.63. The van der Waals surface area contributed by atoms with Crippen molar-refractivity contribution < 1.29 is 8.42 Å². The minimum absolute atomic E-state index is 0.0595. The maximum Gasteiger partial charge on any atom is 0.240 e. The van der Waals surface area contributed by atoms with Crippen LogP contribution in [0.2, 0.25) is 5.02 Å². The molecule has 0 saturated heterocycles. The Labute approximate surface area is 143 Å². The van der Waals surface area contributed by atoms with Gasteiger partial charge in [-0.25, -0.2) is 13.1 Å². The highest BCUT2D eigenvalue weighted by Gasteiger charge is 2.16. The first-order chi connectivity index (χ1) is 11.1. The molecule has 0 aliphatic heterocycles. The Kier molecular flexibility index (Phi) is 4.72. The molecule has 0 amide bonds. The van der Waals surface area contributed by atoms with Gasteiger partial charge in [-0.05, 0) is 35.7 Å². The Hall–Kier alpha value is -1.80. The molecule has 0 atom stereocenters. The number of hydrogen-bond donors (Lipinski definition) is 1. The monoisotopic (exact) mass is 365 g/mol. The van der Waals surface area contributed by atoms with Gasteiger partial charge >= 0.3 is 0 Å². The average Bonchev–Trinajstić information content (AvgIpc) is 3.08. The number of hydrogen-bond acceptors (Lipinski definition) is 5.